The molecular formula is C21H25F3N8O2S. The fraction of sp³-hybridized carbons (Fsp3) is 0.429. The molecular weight excluding hydrogens is 485 g/mol. The number of fused-ring (bicyclic) bond motifs is 3. The van der Waals surface area contributed by atoms with E-state index in [1.165, 1.54) is 40.9 Å². The number of hydrogen-bond donors (Lipinski definition) is 1. The molecule has 4 rings (SSSR count). The number of anilines is 2. The minimum atomic E-state index is -2.74. The number of benzene rings is 1. The largest absolute Gasteiger partial charge is 0.494 e. The van der Waals surface area contributed by atoms with Gasteiger partial charge in [-0.1, -0.05) is 0 Å². The second-order valence-electron chi connectivity index (χ2n) is 8.06. The monoisotopic (exact) mass is 510 g/mol. The van der Waals surface area contributed by atoms with Crippen molar-refractivity contribution in [1.82, 2.24) is 29.4 Å². The van der Waals surface area contributed by atoms with Crippen molar-refractivity contribution in [2.45, 2.75) is 31.6 Å². The Morgan fingerprint density at radius 2 is 2.00 bits per heavy atom. The van der Waals surface area contributed by atoms with Crippen molar-refractivity contribution in [3.63, 3.8) is 0 Å². The lowest BCUT2D eigenvalue weighted by molar-refractivity contribution is 0.145. The number of nitrogens with zero attached hydrogens (tertiary/aromatic N) is 7. The average Bonchev–Trinajstić information content (AvgIpc) is 3.41. The Morgan fingerprint density at radius 3 is 2.69 bits per heavy atom. The molecule has 10 nitrogen and oxygen atoms in total. The number of unbranched alkanes of at least 4 members (excludes halogenated alkanes) is 1. The van der Waals surface area contributed by atoms with Crippen LogP contribution in [0.1, 0.15) is 30.8 Å². The zero-order valence-electron chi connectivity index (χ0n) is 19.4. The van der Waals surface area contributed by atoms with Gasteiger partial charge in [-0.25, -0.2) is 23.1 Å². The molecule has 0 saturated carbocycles. The molecule has 35 heavy (non-hydrogen) atoms. The van der Waals surface area contributed by atoms with Crippen LogP contribution in [0.25, 0.3) is 16.6 Å². The van der Waals surface area contributed by atoms with Crippen LogP contribution in [0.3, 0.4) is 0 Å². The SMILES string of the molecule is COc1cc2nc(N)n3nc(CCCCN(C)c4cn(CS(C)=O)nc4C(F)F)nc3c2cc1F. The topological polar surface area (TPSA) is 116 Å². The molecule has 188 valence electrons. The highest BCUT2D eigenvalue weighted by Gasteiger charge is 2.21. The summed E-state index contributed by atoms with van der Waals surface area (Å²) >= 11 is 0. The molecule has 0 bridgehead atoms. The summed E-state index contributed by atoms with van der Waals surface area (Å²) in [7, 11) is 1.87. The number of aryl methyl sites for hydroxylation is 1. The predicted molar refractivity (Wildman–Crippen MR) is 127 cm³/mol. The number of ether oxygens (including phenoxy) is 1. The van der Waals surface area contributed by atoms with Crippen molar-refractivity contribution in [2.75, 3.05) is 37.6 Å². The minimum absolute atomic E-state index is 0.0520. The number of alkyl halides is 2. The third kappa shape index (κ3) is 5.16. The Labute approximate surface area is 201 Å². The highest BCUT2D eigenvalue weighted by atomic mass is 32.2. The van der Waals surface area contributed by atoms with Crippen molar-refractivity contribution in [3.05, 3.63) is 35.7 Å². The average molecular weight is 511 g/mol. The highest BCUT2D eigenvalue weighted by Crippen LogP contribution is 2.29. The molecule has 1 aromatic carbocycles. The number of methoxy groups -OCH3 is 1. The predicted octanol–water partition coefficient (Wildman–Crippen LogP) is 2.94. The second kappa shape index (κ2) is 10.1. The molecule has 0 radical (unpaired) electrons. The Kier molecular flexibility index (Phi) is 7.10. The lowest BCUT2D eigenvalue weighted by Gasteiger charge is -2.18. The van der Waals surface area contributed by atoms with Crippen LogP contribution in [0, 0.1) is 5.82 Å². The van der Waals surface area contributed by atoms with Crippen LogP contribution in [-0.4, -0.2) is 60.5 Å². The molecule has 3 heterocycles. The minimum Gasteiger partial charge on any atom is -0.494 e. The van der Waals surface area contributed by atoms with E-state index in [-0.39, 0.29) is 23.3 Å². The summed E-state index contributed by atoms with van der Waals surface area (Å²) in [6.07, 6.45) is 2.08. The van der Waals surface area contributed by atoms with Gasteiger partial charge in [0.2, 0.25) is 5.95 Å². The van der Waals surface area contributed by atoms with E-state index in [2.05, 4.69) is 20.2 Å². The molecule has 3 aromatic heterocycles. The Bertz CT molecular complexity index is 1390. The Balaban J connectivity index is 1.45. The zero-order valence-corrected chi connectivity index (χ0v) is 20.2. The lowest BCUT2D eigenvalue weighted by atomic mass is 10.2. The van der Waals surface area contributed by atoms with Crippen LogP contribution in [0.5, 0.6) is 5.75 Å². The van der Waals surface area contributed by atoms with Gasteiger partial charge in [-0.2, -0.15) is 9.61 Å². The molecule has 0 aliphatic carbocycles. The Hall–Kier alpha value is -3.42. The molecule has 0 aliphatic heterocycles. The lowest BCUT2D eigenvalue weighted by Crippen LogP contribution is -2.19. The van der Waals surface area contributed by atoms with Crippen LogP contribution in [0.2, 0.25) is 0 Å². The number of aromatic nitrogens is 6. The van der Waals surface area contributed by atoms with Gasteiger partial charge in [0.05, 0.1) is 18.3 Å². The maximum absolute atomic E-state index is 14.2. The molecule has 0 saturated heterocycles. The molecule has 0 aliphatic rings. The first-order chi connectivity index (χ1) is 16.7. The summed E-state index contributed by atoms with van der Waals surface area (Å²) in [4.78, 5) is 10.5. The van der Waals surface area contributed by atoms with Crippen molar-refractivity contribution in [1.29, 1.82) is 0 Å². The van der Waals surface area contributed by atoms with E-state index in [0.29, 0.717) is 53.9 Å². The standard InChI is InChI=1S/C21H25F3N8O2S/c1-30(15-10-31(11-35(3)33)29-18(15)19(23)24)7-5-4-6-17-27-20-12-8-13(22)16(34-2)9-14(12)26-21(25)32(20)28-17/h8-10,19H,4-7,11H2,1-3H3,(H2,25,26). The van der Waals surface area contributed by atoms with Gasteiger partial charge in [0, 0.05) is 54.7 Å². The summed E-state index contributed by atoms with van der Waals surface area (Å²) in [5, 5.41) is 8.72. The number of halogens is 3. The maximum Gasteiger partial charge on any atom is 0.284 e. The summed E-state index contributed by atoms with van der Waals surface area (Å²) in [6.45, 7) is 0.492. The Morgan fingerprint density at radius 1 is 1.23 bits per heavy atom. The van der Waals surface area contributed by atoms with Gasteiger partial charge >= 0.3 is 0 Å². The van der Waals surface area contributed by atoms with Crippen molar-refractivity contribution < 1.29 is 22.1 Å². The van der Waals surface area contributed by atoms with Crippen LogP contribution in [0.15, 0.2) is 18.3 Å². The van der Waals surface area contributed by atoms with E-state index >= 15 is 0 Å². The van der Waals surface area contributed by atoms with Gasteiger partial charge in [-0.05, 0) is 18.9 Å². The van der Waals surface area contributed by atoms with E-state index in [0.717, 1.165) is 0 Å². The smallest absolute Gasteiger partial charge is 0.284 e. The first-order valence-corrected chi connectivity index (χ1v) is 12.5. The summed E-state index contributed by atoms with van der Waals surface area (Å²) in [5.41, 5.74) is 6.82. The summed E-state index contributed by atoms with van der Waals surface area (Å²) < 4.78 is 60.2. The van der Waals surface area contributed by atoms with Gasteiger partial charge in [-0.15, -0.1) is 5.10 Å². The van der Waals surface area contributed by atoms with Gasteiger partial charge < -0.3 is 15.4 Å². The van der Waals surface area contributed by atoms with E-state index in [9.17, 15) is 17.4 Å². The van der Waals surface area contributed by atoms with Gasteiger partial charge in [-0.3, -0.25) is 8.89 Å². The fourth-order valence-corrected chi connectivity index (χ4v) is 4.32. The quantitative estimate of drug-likeness (QED) is 0.324. The summed E-state index contributed by atoms with van der Waals surface area (Å²) in [6, 6.07) is 2.75. The highest BCUT2D eigenvalue weighted by molar-refractivity contribution is 7.83. The van der Waals surface area contributed by atoms with E-state index in [4.69, 9.17) is 10.5 Å². The molecule has 4 aromatic rings. The van der Waals surface area contributed by atoms with E-state index in [1.807, 2.05) is 0 Å². The molecule has 2 N–H and O–H groups in total. The van der Waals surface area contributed by atoms with Crippen LogP contribution < -0.4 is 15.4 Å². The van der Waals surface area contributed by atoms with Crippen LogP contribution >= 0.6 is 0 Å². The van der Waals surface area contributed by atoms with Gasteiger partial charge in [0.1, 0.15) is 5.88 Å². The van der Waals surface area contributed by atoms with Crippen molar-refractivity contribution in [3.8, 4) is 5.75 Å². The number of hydrogen-bond acceptors (Lipinski definition) is 8. The first-order valence-electron chi connectivity index (χ1n) is 10.7. The normalized spacial score (nSPS) is 12.7. The van der Waals surface area contributed by atoms with Crippen LogP contribution in [0.4, 0.5) is 24.8 Å². The second-order valence-corrected chi connectivity index (χ2v) is 9.46. The maximum atomic E-state index is 14.2. The van der Waals surface area contributed by atoms with Crippen molar-refractivity contribution >= 4 is 39.0 Å². The summed E-state index contributed by atoms with van der Waals surface area (Å²) in [5.74, 6) is 0.190. The van der Waals surface area contributed by atoms with Gasteiger partial charge in [0.25, 0.3) is 6.43 Å². The fourth-order valence-electron chi connectivity index (χ4n) is 3.82. The third-order valence-corrected chi connectivity index (χ3v) is 6.09. The third-order valence-electron chi connectivity index (χ3n) is 5.46. The van der Waals surface area contributed by atoms with E-state index in [1.54, 1.807) is 11.9 Å². The zero-order chi connectivity index (χ0) is 25.3. The van der Waals surface area contributed by atoms with Crippen molar-refractivity contribution in [2.24, 2.45) is 0 Å². The number of nitrogens with two attached hydrogens (primary N) is 1. The molecule has 0 spiro atoms. The molecule has 1 unspecified atom stereocenters. The molecule has 0 fully saturated rings. The van der Waals surface area contributed by atoms with Gasteiger partial charge in [0.15, 0.2) is 28.7 Å². The van der Waals surface area contributed by atoms with E-state index < -0.39 is 23.0 Å². The molecule has 14 heteroatoms. The molecule has 0 amide bonds. The number of nitrogen functional groups attached to an aromatic ring is 1. The first kappa shape index (κ1) is 24.7. The van der Waals surface area contributed by atoms with Crippen LogP contribution in [-0.2, 0) is 23.1 Å². The number of rotatable bonds is 10. The molecule has 1 atom stereocenters.